The van der Waals surface area contributed by atoms with Crippen LogP contribution in [0.2, 0.25) is 0 Å². The van der Waals surface area contributed by atoms with Gasteiger partial charge in [0.05, 0.1) is 0 Å². The number of nitrogens with zero attached hydrogens (tertiary/aromatic N) is 2. The molecule has 3 rings (SSSR count). The third-order valence-electron chi connectivity index (χ3n) is 2.83. The van der Waals surface area contributed by atoms with E-state index in [4.69, 9.17) is 0 Å². The molecule has 3 aromatic rings. The van der Waals surface area contributed by atoms with Gasteiger partial charge in [-0.25, -0.2) is 11.1 Å². The second-order valence-electron chi connectivity index (χ2n) is 4.88. The van der Waals surface area contributed by atoms with E-state index in [0.29, 0.717) is 0 Å². The largest absolute Gasteiger partial charge is 0.571 e. The van der Waals surface area contributed by atoms with Crippen LogP contribution in [0.3, 0.4) is 0 Å². The van der Waals surface area contributed by atoms with Gasteiger partial charge in [-0.15, -0.1) is 12.1 Å². The van der Waals surface area contributed by atoms with E-state index in [0.717, 1.165) is 11.1 Å². The van der Waals surface area contributed by atoms with Gasteiger partial charge in [-0.2, -0.15) is 74.9 Å². The van der Waals surface area contributed by atoms with Gasteiger partial charge in [-0.1, -0.05) is 0 Å². The summed E-state index contributed by atoms with van der Waals surface area (Å²) in [4.78, 5) is 0. The van der Waals surface area contributed by atoms with E-state index in [-0.39, 0.29) is 26.5 Å². The Hall–Kier alpha value is -2.32. The number of alkyl halides is 6. The first-order chi connectivity index (χ1) is 13.4. The van der Waals surface area contributed by atoms with Crippen LogP contribution >= 0.6 is 0 Å². The van der Waals surface area contributed by atoms with Gasteiger partial charge in [0.15, 0.2) is 6.68 Å². The first-order valence-corrected chi connectivity index (χ1v) is 7.33. The minimum Gasteiger partial charge on any atom is -0.571 e. The molecule has 0 atom stereocenters. The van der Waals surface area contributed by atoms with Crippen LogP contribution in [-0.2, 0) is 32.8 Å². The van der Waals surface area contributed by atoms with E-state index >= 15 is 0 Å². The molecule has 1 aromatic heterocycles. The molecule has 0 N–H and O–H groups in total. The van der Waals surface area contributed by atoms with Gasteiger partial charge in [-0.05, 0) is 11.8 Å². The molecule has 0 spiro atoms. The summed E-state index contributed by atoms with van der Waals surface area (Å²) in [6, 6.07) is 22.0. The Kier molecular flexibility index (Phi) is 11.4. The van der Waals surface area contributed by atoms with Crippen molar-refractivity contribution in [2.24, 2.45) is 0 Å². The van der Waals surface area contributed by atoms with Gasteiger partial charge >= 0.3 is 12.4 Å². The minimum absolute atomic E-state index is 0. The summed E-state index contributed by atoms with van der Waals surface area (Å²) in [6.07, 6.45) is -9.78. The molecule has 0 saturated heterocycles. The Bertz CT molecular complexity index is 763. The van der Waals surface area contributed by atoms with Crippen molar-refractivity contribution in [1.29, 1.82) is 0 Å². The zero-order valence-corrected chi connectivity index (χ0v) is 17.1. The molecular formula is C18H9F9N2Re-4. The van der Waals surface area contributed by atoms with Gasteiger partial charge in [0.25, 0.3) is 0 Å². The number of aromatic nitrogens is 2. The summed E-state index contributed by atoms with van der Waals surface area (Å²) in [5.41, 5.74) is -1.09. The molecule has 12 heteroatoms. The molecule has 1 heterocycles. The Morgan fingerprint density at radius 1 is 0.767 bits per heavy atom. The second kappa shape index (κ2) is 12.4. The Labute approximate surface area is 178 Å². The molecule has 0 bridgehead atoms. The van der Waals surface area contributed by atoms with E-state index in [2.05, 4.69) is 22.3 Å². The first-order valence-electron chi connectivity index (χ1n) is 7.33. The van der Waals surface area contributed by atoms with Crippen molar-refractivity contribution in [3.63, 3.8) is 0 Å². The molecule has 2 aromatic carbocycles. The number of benzene rings is 2. The van der Waals surface area contributed by atoms with E-state index in [1.165, 1.54) is 0 Å². The fraction of sp³-hybridized carbons (Fsp3) is 0.111. The SMILES string of the molecule is FC(F)(F)c1cc(C(F)(F)F)[n-]n1.F[C-](F)F.[Re].[c-]1ccccc1-c1[c-]cccc1. The van der Waals surface area contributed by atoms with E-state index < -0.39 is 30.4 Å². The van der Waals surface area contributed by atoms with Crippen LogP contribution in [0.4, 0.5) is 39.5 Å². The van der Waals surface area contributed by atoms with Gasteiger partial charge in [0, 0.05) is 20.4 Å². The second-order valence-corrected chi connectivity index (χ2v) is 4.88. The topological polar surface area (TPSA) is 27.0 Å². The summed E-state index contributed by atoms with van der Waals surface area (Å²) in [7, 11) is 0. The monoisotopic (exact) mass is 611 g/mol. The molecule has 0 unspecified atom stereocenters. The van der Waals surface area contributed by atoms with Crippen molar-refractivity contribution in [1.82, 2.24) is 10.2 Å². The maximum absolute atomic E-state index is 11.7. The quantitative estimate of drug-likeness (QED) is 0.237. The van der Waals surface area contributed by atoms with Crippen molar-refractivity contribution < 1.29 is 59.9 Å². The van der Waals surface area contributed by atoms with E-state index in [9.17, 15) is 39.5 Å². The first kappa shape index (κ1) is 27.7. The summed E-state index contributed by atoms with van der Waals surface area (Å²) < 4.78 is 99.1. The molecule has 0 amide bonds. The summed E-state index contributed by atoms with van der Waals surface area (Å²) in [5, 5.41) is 4.72. The molecule has 0 fully saturated rings. The maximum Gasteiger partial charge on any atom is 0.431 e. The molecule has 30 heavy (non-hydrogen) atoms. The van der Waals surface area contributed by atoms with Gasteiger partial charge in [-0.3, -0.25) is 0 Å². The van der Waals surface area contributed by atoms with Gasteiger partial charge in [0.1, 0.15) is 5.69 Å². The number of hydrogen-bond donors (Lipinski definition) is 0. The van der Waals surface area contributed by atoms with Crippen LogP contribution in [0.15, 0.2) is 54.6 Å². The summed E-state index contributed by atoms with van der Waals surface area (Å²) in [5.74, 6) is 0. The maximum atomic E-state index is 11.7. The zero-order valence-electron chi connectivity index (χ0n) is 14.4. The van der Waals surface area contributed by atoms with Crippen LogP contribution in [0.5, 0.6) is 0 Å². The standard InChI is InChI=1S/C12H8.C5HF6N2.CF3.Re/c1-3-7-11(8-4-1)12-9-5-2-6-10-12;6-4(7,8)2-1-3(13-12-2)5(9,10)11;2-1(3)4;/h1-7,9H;1H;;/q-2;2*-1;. The van der Waals surface area contributed by atoms with Gasteiger partial charge < -0.3 is 23.4 Å². The van der Waals surface area contributed by atoms with E-state index in [1.54, 1.807) is 0 Å². The van der Waals surface area contributed by atoms with Crippen LogP contribution in [0.25, 0.3) is 11.1 Å². The number of halogens is 9. The fourth-order valence-corrected chi connectivity index (χ4v) is 1.69. The van der Waals surface area contributed by atoms with Crippen molar-refractivity contribution in [2.45, 2.75) is 12.4 Å². The van der Waals surface area contributed by atoms with Crippen molar-refractivity contribution in [3.8, 4) is 11.1 Å². The number of hydrogen-bond acceptors (Lipinski definition) is 1. The van der Waals surface area contributed by atoms with Crippen molar-refractivity contribution >= 4 is 0 Å². The Morgan fingerprint density at radius 3 is 1.43 bits per heavy atom. The third-order valence-corrected chi connectivity index (χ3v) is 2.83. The molecule has 1 radical (unpaired) electrons. The Balaban J connectivity index is 0.000000465. The fourth-order valence-electron chi connectivity index (χ4n) is 1.69. The summed E-state index contributed by atoms with van der Waals surface area (Å²) in [6.45, 7) is -3.08. The van der Waals surface area contributed by atoms with E-state index in [1.807, 2.05) is 48.5 Å². The molecule has 165 valence electrons. The number of rotatable bonds is 1. The van der Waals surface area contributed by atoms with Crippen molar-refractivity contribution in [3.05, 3.63) is 84.8 Å². The molecule has 2 nitrogen and oxygen atoms in total. The zero-order chi connectivity index (χ0) is 22.1. The average Bonchev–Trinajstić information content (AvgIpc) is 3.14. The van der Waals surface area contributed by atoms with Crippen molar-refractivity contribution in [2.75, 3.05) is 0 Å². The normalized spacial score (nSPS) is 10.9. The summed E-state index contributed by atoms with van der Waals surface area (Å²) >= 11 is 0. The smallest absolute Gasteiger partial charge is 0.431 e. The molecule has 0 saturated carbocycles. The van der Waals surface area contributed by atoms with Gasteiger partial charge in [0.2, 0.25) is 0 Å². The van der Waals surface area contributed by atoms with Crippen LogP contribution in [-0.4, -0.2) is 5.10 Å². The molecule has 0 aliphatic heterocycles. The minimum atomic E-state index is -4.89. The predicted octanol–water partition coefficient (Wildman–Crippen LogP) is 6.37. The predicted molar refractivity (Wildman–Crippen MR) is 83.7 cm³/mol. The van der Waals surface area contributed by atoms with Crippen LogP contribution in [0.1, 0.15) is 11.4 Å². The van der Waals surface area contributed by atoms with Crippen LogP contribution in [0, 0.1) is 18.8 Å². The molecule has 0 aliphatic carbocycles. The van der Waals surface area contributed by atoms with Crippen LogP contribution < -0.4 is 5.10 Å². The Morgan fingerprint density at radius 2 is 1.20 bits per heavy atom. The molecule has 0 aliphatic rings. The molecular weight excluding hydrogens is 601 g/mol. The average molecular weight is 610 g/mol. The third kappa shape index (κ3) is 10.5.